The van der Waals surface area contributed by atoms with Crippen molar-refractivity contribution in [2.45, 2.75) is 6.92 Å². The first kappa shape index (κ1) is 14.1. The van der Waals surface area contributed by atoms with Gasteiger partial charge in [-0.05, 0) is 19.1 Å². The number of hydrogen-bond acceptors (Lipinski definition) is 3. The van der Waals surface area contributed by atoms with E-state index in [4.69, 9.17) is 45.9 Å². The third kappa shape index (κ3) is 2.83. The van der Waals surface area contributed by atoms with Gasteiger partial charge in [0.05, 0.1) is 16.3 Å². The molecule has 100 valence electrons. The summed E-state index contributed by atoms with van der Waals surface area (Å²) in [5.74, 6) is 0.865. The SMILES string of the molecule is Cc1nn(C)c(Oc2cc(Cl)ccc2Cl)c1C(N)=S. The zero-order valence-corrected chi connectivity index (χ0v) is 12.6. The lowest BCUT2D eigenvalue weighted by Gasteiger charge is -2.09. The molecule has 0 spiro atoms. The van der Waals surface area contributed by atoms with Crippen molar-refractivity contribution in [2.24, 2.45) is 12.8 Å². The maximum atomic E-state index is 6.06. The van der Waals surface area contributed by atoms with Crippen LogP contribution in [0.3, 0.4) is 0 Å². The Morgan fingerprint density at radius 3 is 2.74 bits per heavy atom. The standard InChI is InChI=1S/C12H11Cl2N3OS/c1-6-10(11(15)19)12(17(2)16-6)18-9-5-7(13)3-4-8(9)14/h3-5H,1-2H3,(H2,15,19). The quantitative estimate of drug-likeness (QED) is 0.881. The van der Waals surface area contributed by atoms with Crippen molar-refractivity contribution in [1.82, 2.24) is 9.78 Å². The molecular formula is C12H11Cl2N3OS. The van der Waals surface area contributed by atoms with Gasteiger partial charge in [0.2, 0.25) is 5.88 Å². The third-order valence-corrected chi connectivity index (χ3v) is 3.27. The predicted octanol–water partition coefficient (Wildman–Crippen LogP) is 3.46. The molecule has 2 aromatic rings. The molecule has 2 N–H and O–H groups in total. The Kier molecular flexibility index (Phi) is 3.99. The summed E-state index contributed by atoms with van der Waals surface area (Å²) in [5, 5.41) is 5.19. The number of rotatable bonds is 3. The molecular weight excluding hydrogens is 305 g/mol. The van der Waals surface area contributed by atoms with E-state index in [1.54, 1.807) is 36.9 Å². The summed E-state index contributed by atoms with van der Waals surface area (Å²) in [7, 11) is 1.74. The molecule has 0 fully saturated rings. The monoisotopic (exact) mass is 315 g/mol. The molecule has 0 aliphatic rings. The van der Waals surface area contributed by atoms with Gasteiger partial charge < -0.3 is 10.5 Å². The van der Waals surface area contributed by atoms with Crippen LogP contribution in [0.1, 0.15) is 11.3 Å². The second-order valence-electron chi connectivity index (χ2n) is 3.93. The summed E-state index contributed by atoms with van der Waals surface area (Å²) in [4.78, 5) is 0.221. The molecule has 0 bridgehead atoms. The highest BCUT2D eigenvalue weighted by Gasteiger charge is 2.18. The van der Waals surface area contributed by atoms with Crippen molar-refractivity contribution in [3.05, 3.63) is 39.5 Å². The molecule has 1 aromatic heterocycles. The number of benzene rings is 1. The second-order valence-corrected chi connectivity index (χ2v) is 5.21. The Morgan fingerprint density at radius 2 is 2.11 bits per heavy atom. The van der Waals surface area contributed by atoms with Crippen LogP contribution in [-0.2, 0) is 7.05 Å². The molecule has 2 rings (SSSR count). The van der Waals surface area contributed by atoms with Crippen molar-refractivity contribution in [3.8, 4) is 11.6 Å². The van der Waals surface area contributed by atoms with Crippen LogP contribution in [0.2, 0.25) is 10.0 Å². The average molecular weight is 316 g/mol. The summed E-state index contributed by atoms with van der Waals surface area (Å²) < 4.78 is 7.31. The lowest BCUT2D eigenvalue weighted by Crippen LogP contribution is -2.11. The van der Waals surface area contributed by atoms with Gasteiger partial charge in [0.25, 0.3) is 0 Å². The lowest BCUT2D eigenvalue weighted by molar-refractivity contribution is 0.430. The van der Waals surface area contributed by atoms with E-state index in [2.05, 4.69) is 5.10 Å². The van der Waals surface area contributed by atoms with E-state index in [1.807, 2.05) is 0 Å². The first-order valence-electron chi connectivity index (χ1n) is 5.36. The smallest absolute Gasteiger partial charge is 0.228 e. The number of thiocarbonyl (C=S) groups is 1. The topological polar surface area (TPSA) is 53.1 Å². The summed E-state index contributed by atoms with van der Waals surface area (Å²) in [5.41, 5.74) is 6.98. The van der Waals surface area contributed by atoms with E-state index in [1.165, 1.54) is 0 Å². The minimum Gasteiger partial charge on any atom is -0.437 e. The molecule has 19 heavy (non-hydrogen) atoms. The number of hydrogen-bond donors (Lipinski definition) is 1. The first-order valence-corrected chi connectivity index (χ1v) is 6.53. The van der Waals surface area contributed by atoms with Crippen LogP contribution >= 0.6 is 35.4 Å². The Hall–Kier alpha value is -1.30. The van der Waals surface area contributed by atoms with Crippen LogP contribution in [0.4, 0.5) is 0 Å². The fourth-order valence-corrected chi connectivity index (χ4v) is 2.25. The minimum absolute atomic E-state index is 0.221. The highest BCUT2D eigenvalue weighted by molar-refractivity contribution is 7.80. The number of aryl methyl sites for hydroxylation is 2. The molecule has 0 radical (unpaired) electrons. The summed E-state index contributed by atoms with van der Waals surface area (Å²) in [6.45, 7) is 1.81. The van der Waals surface area contributed by atoms with E-state index in [9.17, 15) is 0 Å². The largest absolute Gasteiger partial charge is 0.437 e. The predicted molar refractivity (Wildman–Crippen MR) is 80.4 cm³/mol. The molecule has 0 aliphatic carbocycles. The number of aromatic nitrogens is 2. The minimum atomic E-state index is 0.221. The molecule has 0 atom stereocenters. The molecule has 7 heteroatoms. The zero-order chi connectivity index (χ0) is 14.2. The van der Waals surface area contributed by atoms with Crippen LogP contribution in [0.25, 0.3) is 0 Å². The van der Waals surface area contributed by atoms with Gasteiger partial charge in [-0.2, -0.15) is 5.10 Å². The van der Waals surface area contributed by atoms with E-state index in [0.717, 1.165) is 0 Å². The number of nitrogens with zero attached hydrogens (tertiary/aromatic N) is 2. The van der Waals surface area contributed by atoms with Gasteiger partial charge in [-0.15, -0.1) is 0 Å². The molecule has 0 amide bonds. The lowest BCUT2D eigenvalue weighted by atomic mass is 10.2. The molecule has 0 saturated heterocycles. The van der Waals surface area contributed by atoms with Crippen LogP contribution in [0.5, 0.6) is 11.6 Å². The normalized spacial score (nSPS) is 10.5. The molecule has 0 saturated carbocycles. The fourth-order valence-electron chi connectivity index (χ4n) is 1.70. The zero-order valence-electron chi connectivity index (χ0n) is 10.3. The van der Waals surface area contributed by atoms with Crippen molar-refractivity contribution in [3.63, 3.8) is 0 Å². The third-order valence-electron chi connectivity index (χ3n) is 2.52. The Morgan fingerprint density at radius 1 is 1.42 bits per heavy atom. The van der Waals surface area contributed by atoms with E-state index in [0.29, 0.717) is 32.9 Å². The maximum absolute atomic E-state index is 6.06. The van der Waals surface area contributed by atoms with Gasteiger partial charge in [0.1, 0.15) is 10.7 Å². The van der Waals surface area contributed by atoms with Gasteiger partial charge in [0, 0.05) is 18.1 Å². The first-order chi connectivity index (χ1) is 8.90. The summed E-state index contributed by atoms with van der Waals surface area (Å²) in [6, 6.07) is 4.96. The number of halogens is 2. The van der Waals surface area contributed by atoms with Crippen LogP contribution < -0.4 is 10.5 Å². The van der Waals surface area contributed by atoms with Gasteiger partial charge in [0.15, 0.2) is 0 Å². The molecule has 1 aromatic carbocycles. The van der Waals surface area contributed by atoms with E-state index in [-0.39, 0.29) is 4.99 Å². The highest BCUT2D eigenvalue weighted by atomic mass is 35.5. The van der Waals surface area contributed by atoms with Crippen molar-refractivity contribution in [2.75, 3.05) is 0 Å². The highest BCUT2D eigenvalue weighted by Crippen LogP contribution is 2.33. The summed E-state index contributed by atoms with van der Waals surface area (Å²) >= 11 is 17.0. The van der Waals surface area contributed by atoms with Gasteiger partial charge >= 0.3 is 0 Å². The Labute approximate surface area is 126 Å². The van der Waals surface area contributed by atoms with Crippen molar-refractivity contribution in [1.29, 1.82) is 0 Å². The van der Waals surface area contributed by atoms with Crippen molar-refractivity contribution < 1.29 is 4.74 Å². The molecule has 0 unspecified atom stereocenters. The second kappa shape index (κ2) is 5.36. The Balaban J connectivity index is 2.49. The molecule has 0 aliphatic heterocycles. The Bertz CT molecular complexity index is 655. The van der Waals surface area contributed by atoms with Crippen molar-refractivity contribution >= 4 is 40.4 Å². The fraction of sp³-hybridized carbons (Fsp3) is 0.167. The van der Waals surface area contributed by atoms with E-state index >= 15 is 0 Å². The van der Waals surface area contributed by atoms with Crippen LogP contribution in [0.15, 0.2) is 18.2 Å². The number of nitrogens with two attached hydrogens (primary N) is 1. The van der Waals surface area contributed by atoms with Crippen LogP contribution in [0, 0.1) is 6.92 Å². The summed E-state index contributed by atoms with van der Waals surface area (Å²) in [6.07, 6.45) is 0. The van der Waals surface area contributed by atoms with E-state index < -0.39 is 0 Å². The van der Waals surface area contributed by atoms with Crippen LogP contribution in [-0.4, -0.2) is 14.8 Å². The average Bonchev–Trinajstić information content (AvgIpc) is 2.59. The van der Waals surface area contributed by atoms with Gasteiger partial charge in [-0.1, -0.05) is 35.4 Å². The molecule has 4 nitrogen and oxygen atoms in total. The number of ether oxygens (including phenoxy) is 1. The van der Waals surface area contributed by atoms with Gasteiger partial charge in [-0.25, -0.2) is 4.68 Å². The van der Waals surface area contributed by atoms with Gasteiger partial charge in [-0.3, -0.25) is 0 Å². The molecule has 1 heterocycles. The maximum Gasteiger partial charge on any atom is 0.228 e.